The molecule has 1 aliphatic carbocycles. The van der Waals surface area contributed by atoms with Crippen LogP contribution in [0, 0.1) is 13.8 Å². The summed E-state index contributed by atoms with van der Waals surface area (Å²) >= 11 is 0. The van der Waals surface area contributed by atoms with Crippen molar-refractivity contribution in [1.29, 1.82) is 0 Å². The summed E-state index contributed by atoms with van der Waals surface area (Å²) in [6, 6.07) is 0. The number of rotatable bonds is 5. The molecule has 3 rings (SSSR count). The van der Waals surface area contributed by atoms with Gasteiger partial charge in [-0.2, -0.15) is 0 Å². The lowest BCUT2D eigenvalue weighted by molar-refractivity contribution is -0.121. The van der Waals surface area contributed by atoms with E-state index >= 15 is 0 Å². The minimum absolute atomic E-state index is 0.0566. The van der Waals surface area contributed by atoms with Gasteiger partial charge in [-0.05, 0) is 55.5 Å². The van der Waals surface area contributed by atoms with Crippen molar-refractivity contribution in [2.75, 3.05) is 0 Å². The third-order valence-electron chi connectivity index (χ3n) is 4.14. The molecule has 0 radical (unpaired) electrons. The monoisotopic (exact) mass is 315 g/mol. The number of carbonyl (C=O) groups excluding carboxylic acids is 1. The van der Waals surface area contributed by atoms with Gasteiger partial charge in [-0.25, -0.2) is 14.6 Å². The zero-order valence-electron chi connectivity index (χ0n) is 13.5. The van der Waals surface area contributed by atoms with Gasteiger partial charge in [0.2, 0.25) is 5.91 Å². The van der Waals surface area contributed by atoms with Crippen molar-refractivity contribution < 1.29 is 4.79 Å². The number of fused-ring (bicyclic) bond motifs is 1. The largest absolute Gasteiger partial charge is 0.349 e. The Balaban J connectivity index is 1.54. The maximum absolute atomic E-state index is 11.9. The molecule has 1 N–H and O–H groups in total. The van der Waals surface area contributed by atoms with Crippen molar-refractivity contribution >= 4 is 5.91 Å². The Kier molecular flexibility index (Phi) is 4.59. The molecule has 2 heterocycles. The second kappa shape index (κ2) is 6.80. The van der Waals surface area contributed by atoms with Crippen molar-refractivity contribution in [2.45, 2.75) is 59.0 Å². The molecule has 0 aromatic carbocycles. The zero-order valence-corrected chi connectivity index (χ0v) is 13.5. The van der Waals surface area contributed by atoms with Crippen LogP contribution in [0.5, 0.6) is 0 Å². The maximum atomic E-state index is 11.9. The molecule has 23 heavy (non-hydrogen) atoms. The van der Waals surface area contributed by atoms with E-state index in [1.54, 1.807) is 4.68 Å². The molecular formula is C15H21N7O. The van der Waals surface area contributed by atoms with E-state index in [2.05, 4.69) is 30.8 Å². The highest BCUT2D eigenvalue weighted by Crippen LogP contribution is 2.21. The van der Waals surface area contributed by atoms with Crippen molar-refractivity contribution in [3.8, 4) is 0 Å². The first-order valence-electron chi connectivity index (χ1n) is 7.98. The predicted molar refractivity (Wildman–Crippen MR) is 82.4 cm³/mol. The van der Waals surface area contributed by atoms with Gasteiger partial charge in [0.05, 0.1) is 13.1 Å². The minimum atomic E-state index is -0.0566. The van der Waals surface area contributed by atoms with Crippen LogP contribution in [0.1, 0.15) is 47.9 Å². The third-order valence-corrected chi connectivity index (χ3v) is 4.14. The minimum Gasteiger partial charge on any atom is -0.349 e. The number of hydrogen-bond acceptors (Lipinski definition) is 6. The number of carbonyl (C=O) groups is 1. The number of aromatic nitrogens is 6. The second-order valence-electron chi connectivity index (χ2n) is 5.83. The Morgan fingerprint density at radius 2 is 2.04 bits per heavy atom. The number of nitrogens with one attached hydrogen (secondary N) is 1. The lowest BCUT2D eigenvalue weighted by atomic mass is 9.95. The molecule has 0 saturated heterocycles. The van der Waals surface area contributed by atoms with E-state index < -0.39 is 0 Å². The van der Waals surface area contributed by atoms with E-state index in [1.165, 1.54) is 18.4 Å². The Hall–Kier alpha value is -2.38. The summed E-state index contributed by atoms with van der Waals surface area (Å²) in [6.07, 6.45) is 4.80. The fraction of sp³-hybridized carbons (Fsp3) is 0.600. The molecule has 0 aliphatic heterocycles. The van der Waals surface area contributed by atoms with E-state index in [4.69, 9.17) is 0 Å². The quantitative estimate of drug-likeness (QED) is 0.870. The molecule has 2 aromatic rings. The van der Waals surface area contributed by atoms with Crippen LogP contribution in [0.25, 0.3) is 0 Å². The molecule has 1 amide bonds. The molecule has 0 fully saturated rings. The number of hydrogen-bond donors (Lipinski definition) is 1. The highest BCUT2D eigenvalue weighted by molar-refractivity contribution is 5.75. The van der Waals surface area contributed by atoms with Crippen LogP contribution < -0.4 is 5.32 Å². The molecule has 0 spiro atoms. The smallest absolute Gasteiger partial charge is 0.222 e. The molecule has 8 heteroatoms. The standard InChI is InChI=1S/C15H21N7O/c1-10-12-5-3-4-6-13(12)18-14(17-10)9-16-15(23)7-8-22-11(2)19-20-21-22/h3-9H2,1-2H3,(H,16,23). The van der Waals surface area contributed by atoms with Gasteiger partial charge in [-0.15, -0.1) is 5.10 Å². The summed E-state index contributed by atoms with van der Waals surface area (Å²) in [6.45, 7) is 4.66. The van der Waals surface area contributed by atoms with Gasteiger partial charge < -0.3 is 5.32 Å². The van der Waals surface area contributed by atoms with Crippen LogP contribution in [0.2, 0.25) is 0 Å². The third kappa shape index (κ3) is 3.69. The van der Waals surface area contributed by atoms with E-state index in [-0.39, 0.29) is 5.91 Å². The Morgan fingerprint density at radius 1 is 1.22 bits per heavy atom. The summed E-state index contributed by atoms with van der Waals surface area (Å²) < 4.78 is 1.61. The molecule has 122 valence electrons. The van der Waals surface area contributed by atoms with E-state index in [0.717, 1.165) is 24.2 Å². The van der Waals surface area contributed by atoms with Gasteiger partial charge in [-0.3, -0.25) is 4.79 Å². The highest BCUT2D eigenvalue weighted by Gasteiger charge is 2.15. The first kappa shape index (κ1) is 15.5. The van der Waals surface area contributed by atoms with Gasteiger partial charge in [0, 0.05) is 17.8 Å². The molecule has 0 unspecified atom stereocenters. The van der Waals surface area contributed by atoms with Crippen LogP contribution in [-0.2, 0) is 30.7 Å². The number of nitrogens with zero attached hydrogens (tertiary/aromatic N) is 6. The number of tetrazole rings is 1. The summed E-state index contributed by atoms with van der Waals surface area (Å²) in [7, 11) is 0. The highest BCUT2D eigenvalue weighted by atomic mass is 16.1. The average Bonchev–Trinajstić information content (AvgIpc) is 2.96. The number of amides is 1. The predicted octanol–water partition coefficient (Wildman–Crippen LogP) is 0.665. The fourth-order valence-electron chi connectivity index (χ4n) is 2.85. The zero-order chi connectivity index (χ0) is 16.2. The van der Waals surface area contributed by atoms with Gasteiger partial charge in [0.15, 0.2) is 0 Å². The SMILES string of the molecule is Cc1nc(CNC(=O)CCn2nnnc2C)nc2c1CCCC2. The first-order valence-corrected chi connectivity index (χ1v) is 7.98. The molecular weight excluding hydrogens is 294 g/mol. The molecule has 1 aliphatic rings. The summed E-state index contributed by atoms with van der Waals surface area (Å²) in [5, 5.41) is 14.0. The fourth-order valence-corrected chi connectivity index (χ4v) is 2.85. The Labute approximate surface area is 134 Å². The van der Waals surface area contributed by atoms with Crippen molar-refractivity contribution in [2.24, 2.45) is 0 Å². The van der Waals surface area contributed by atoms with Gasteiger partial charge in [-0.1, -0.05) is 0 Å². The Bertz CT molecular complexity index is 710. The van der Waals surface area contributed by atoms with Crippen LogP contribution in [-0.4, -0.2) is 36.1 Å². The lowest BCUT2D eigenvalue weighted by Gasteiger charge is -2.17. The molecule has 2 aromatic heterocycles. The normalized spacial score (nSPS) is 13.7. The lowest BCUT2D eigenvalue weighted by Crippen LogP contribution is -2.26. The summed E-state index contributed by atoms with van der Waals surface area (Å²) in [5.74, 6) is 1.33. The average molecular weight is 315 g/mol. The van der Waals surface area contributed by atoms with Crippen LogP contribution in [0.4, 0.5) is 0 Å². The van der Waals surface area contributed by atoms with Crippen molar-refractivity contribution in [1.82, 2.24) is 35.5 Å². The second-order valence-corrected chi connectivity index (χ2v) is 5.83. The van der Waals surface area contributed by atoms with Gasteiger partial charge in [0.1, 0.15) is 11.6 Å². The summed E-state index contributed by atoms with van der Waals surface area (Å²) in [5.41, 5.74) is 3.49. The van der Waals surface area contributed by atoms with Crippen LogP contribution >= 0.6 is 0 Å². The topological polar surface area (TPSA) is 98.5 Å². The van der Waals surface area contributed by atoms with Gasteiger partial charge in [0.25, 0.3) is 0 Å². The summed E-state index contributed by atoms with van der Waals surface area (Å²) in [4.78, 5) is 21.1. The molecule has 0 bridgehead atoms. The van der Waals surface area contributed by atoms with E-state index in [9.17, 15) is 4.79 Å². The Morgan fingerprint density at radius 3 is 2.83 bits per heavy atom. The maximum Gasteiger partial charge on any atom is 0.222 e. The van der Waals surface area contributed by atoms with Crippen LogP contribution in [0.3, 0.4) is 0 Å². The first-order chi connectivity index (χ1) is 11.1. The van der Waals surface area contributed by atoms with Gasteiger partial charge >= 0.3 is 0 Å². The van der Waals surface area contributed by atoms with Crippen LogP contribution in [0.15, 0.2) is 0 Å². The van der Waals surface area contributed by atoms with E-state index in [1.807, 2.05) is 13.8 Å². The van der Waals surface area contributed by atoms with E-state index in [0.29, 0.717) is 31.2 Å². The molecule has 0 atom stereocenters. The molecule has 8 nitrogen and oxygen atoms in total. The number of aryl methyl sites for hydroxylation is 4. The van der Waals surface area contributed by atoms with Crippen molar-refractivity contribution in [3.63, 3.8) is 0 Å². The molecule has 0 saturated carbocycles. The van der Waals surface area contributed by atoms with Crippen molar-refractivity contribution in [3.05, 3.63) is 28.6 Å².